The monoisotopic (exact) mass is 191 g/mol. The molecule has 0 heterocycles. The second-order valence-electron chi connectivity index (χ2n) is 3.01. The fourth-order valence-electron chi connectivity index (χ4n) is 1.32. The molecule has 1 aromatic carbocycles. The second-order valence-corrected chi connectivity index (χ2v) is 3.01. The van der Waals surface area contributed by atoms with Crippen molar-refractivity contribution in [2.24, 2.45) is 0 Å². The predicted octanol–water partition coefficient (Wildman–Crippen LogP) is 2.68. The lowest BCUT2D eigenvalue weighted by molar-refractivity contribution is 0.627. The number of hydrogen-bond acceptors (Lipinski definition) is 1. The lowest BCUT2D eigenvalue weighted by atomic mass is 10.2. The molecule has 0 aliphatic rings. The summed E-state index contributed by atoms with van der Waals surface area (Å²) in [6.07, 6.45) is 5.91. The number of rotatable bonds is 4. The Bertz CT molecular complexity index is 310. The first kappa shape index (κ1) is 10.6. The van der Waals surface area contributed by atoms with Crippen molar-refractivity contribution in [3.63, 3.8) is 0 Å². The normalized spacial score (nSPS) is 9.50. The van der Waals surface area contributed by atoms with Crippen LogP contribution in [0, 0.1) is 18.2 Å². The van der Waals surface area contributed by atoms with Crippen LogP contribution in [0.15, 0.2) is 24.3 Å². The van der Waals surface area contributed by atoms with E-state index in [9.17, 15) is 4.39 Å². The Hall–Kier alpha value is -1.49. The van der Waals surface area contributed by atoms with Crippen LogP contribution in [0.2, 0.25) is 0 Å². The fraction of sp³-hybridized carbons (Fsp3) is 0.333. The van der Waals surface area contributed by atoms with Gasteiger partial charge in [0, 0.05) is 25.2 Å². The molecule has 1 rings (SSSR count). The van der Waals surface area contributed by atoms with Gasteiger partial charge in [-0.1, -0.05) is 0 Å². The molecule has 0 fully saturated rings. The van der Waals surface area contributed by atoms with Gasteiger partial charge in [0.25, 0.3) is 0 Å². The van der Waals surface area contributed by atoms with Crippen LogP contribution in [-0.4, -0.2) is 13.1 Å². The number of nitrogens with zero attached hydrogens (tertiary/aromatic N) is 1. The molecule has 0 unspecified atom stereocenters. The number of halogens is 1. The van der Waals surface area contributed by atoms with E-state index in [-0.39, 0.29) is 5.82 Å². The highest BCUT2D eigenvalue weighted by Gasteiger charge is 2.02. The van der Waals surface area contributed by atoms with E-state index < -0.39 is 0 Å². The van der Waals surface area contributed by atoms with E-state index >= 15 is 0 Å². The molecule has 1 aromatic rings. The molecule has 0 spiro atoms. The molecule has 0 aliphatic carbocycles. The Balaban J connectivity index is 2.69. The van der Waals surface area contributed by atoms with Gasteiger partial charge in [-0.15, -0.1) is 12.3 Å². The van der Waals surface area contributed by atoms with Crippen LogP contribution >= 0.6 is 0 Å². The van der Waals surface area contributed by atoms with Crippen LogP contribution in [-0.2, 0) is 0 Å². The van der Waals surface area contributed by atoms with Crippen molar-refractivity contribution < 1.29 is 4.39 Å². The summed E-state index contributed by atoms with van der Waals surface area (Å²) in [7, 11) is 0. The Morgan fingerprint density at radius 1 is 1.36 bits per heavy atom. The average Bonchev–Trinajstić information content (AvgIpc) is 2.21. The standard InChI is InChI=1S/C12H14FN/c1-3-5-10-14(4-2)12-8-6-11(13)7-9-12/h1,6-9H,4-5,10H2,2H3. The van der Waals surface area contributed by atoms with Crippen molar-refractivity contribution in [1.82, 2.24) is 0 Å². The Labute approximate surface area is 84.5 Å². The maximum absolute atomic E-state index is 12.7. The van der Waals surface area contributed by atoms with Crippen LogP contribution in [0.4, 0.5) is 10.1 Å². The molecule has 0 aliphatic heterocycles. The molecule has 0 saturated heterocycles. The van der Waals surface area contributed by atoms with E-state index in [4.69, 9.17) is 6.42 Å². The minimum Gasteiger partial charge on any atom is -0.371 e. The minimum atomic E-state index is -0.207. The number of benzene rings is 1. The first-order chi connectivity index (χ1) is 6.77. The van der Waals surface area contributed by atoms with Gasteiger partial charge in [0.2, 0.25) is 0 Å². The molecule has 0 atom stereocenters. The third-order valence-corrected chi connectivity index (χ3v) is 2.10. The van der Waals surface area contributed by atoms with E-state index in [1.165, 1.54) is 12.1 Å². The van der Waals surface area contributed by atoms with Crippen LogP contribution < -0.4 is 4.90 Å². The quantitative estimate of drug-likeness (QED) is 0.661. The fourth-order valence-corrected chi connectivity index (χ4v) is 1.32. The van der Waals surface area contributed by atoms with Gasteiger partial charge >= 0.3 is 0 Å². The molecule has 0 radical (unpaired) electrons. The zero-order valence-corrected chi connectivity index (χ0v) is 8.33. The second kappa shape index (κ2) is 5.29. The molecule has 74 valence electrons. The molecular weight excluding hydrogens is 177 g/mol. The molecular formula is C12H14FN. The maximum Gasteiger partial charge on any atom is 0.123 e. The maximum atomic E-state index is 12.7. The van der Waals surface area contributed by atoms with E-state index in [2.05, 4.69) is 17.7 Å². The Morgan fingerprint density at radius 3 is 2.50 bits per heavy atom. The predicted molar refractivity (Wildman–Crippen MR) is 57.7 cm³/mol. The summed E-state index contributed by atoms with van der Waals surface area (Å²) in [6, 6.07) is 6.48. The highest BCUT2D eigenvalue weighted by molar-refractivity contribution is 5.46. The third kappa shape index (κ3) is 2.77. The average molecular weight is 191 g/mol. The van der Waals surface area contributed by atoms with Gasteiger partial charge < -0.3 is 4.90 Å². The van der Waals surface area contributed by atoms with E-state index in [1.807, 2.05) is 0 Å². The largest absolute Gasteiger partial charge is 0.371 e. The van der Waals surface area contributed by atoms with Crippen molar-refractivity contribution in [3.8, 4) is 12.3 Å². The van der Waals surface area contributed by atoms with Crippen molar-refractivity contribution in [2.45, 2.75) is 13.3 Å². The Kier molecular flexibility index (Phi) is 4.00. The lowest BCUT2D eigenvalue weighted by Crippen LogP contribution is -2.23. The van der Waals surface area contributed by atoms with Crippen molar-refractivity contribution in [3.05, 3.63) is 30.1 Å². The highest BCUT2D eigenvalue weighted by Crippen LogP contribution is 2.14. The van der Waals surface area contributed by atoms with Crippen molar-refractivity contribution in [1.29, 1.82) is 0 Å². The molecule has 1 nitrogen and oxygen atoms in total. The molecule has 2 heteroatoms. The third-order valence-electron chi connectivity index (χ3n) is 2.10. The first-order valence-corrected chi connectivity index (χ1v) is 4.72. The van der Waals surface area contributed by atoms with Crippen LogP contribution in [0.3, 0.4) is 0 Å². The van der Waals surface area contributed by atoms with Gasteiger partial charge in [0.05, 0.1) is 0 Å². The molecule has 0 aromatic heterocycles. The minimum absolute atomic E-state index is 0.207. The van der Waals surface area contributed by atoms with Gasteiger partial charge in [0.1, 0.15) is 5.82 Å². The Morgan fingerprint density at radius 2 is 2.00 bits per heavy atom. The summed E-state index contributed by atoms with van der Waals surface area (Å²) >= 11 is 0. The van der Waals surface area contributed by atoms with Gasteiger partial charge in [-0.05, 0) is 31.2 Å². The summed E-state index contributed by atoms with van der Waals surface area (Å²) in [5.74, 6) is 2.39. The van der Waals surface area contributed by atoms with E-state index in [0.29, 0.717) is 6.42 Å². The summed E-state index contributed by atoms with van der Waals surface area (Å²) in [5.41, 5.74) is 1.02. The molecule has 0 N–H and O–H groups in total. The summed E-state index contributed by atoms with van der Waals surface area (Å²) in [5, 5.41) is 0. The summed E-state index contributed by atoms with van der Waals surface area (Å²) < 4.78 is 12.7. The molecule has 14 heavy (non-hydrogen) atoms. The van der Waals surface area contributed by atoms with E-state index in [0.717, 1.165) is 18.8 Å². The van der Waals surface area contributed by atoms with Gasteiger partial charge in [0.15, 0.2) is 0 Å². The molecule has 0 amide bonds. The zero-order chi connectivity index (χ0) is 10.4. The van der Waals surface area contributed by atoms with Crippen LogP contribution in [0.5, 0.6) is 0 Å². The van der Waals surface area contributed by atoms with E-state index in [1.54, 1.807) is 12.1 Å². The SMILES string of the molecule is C#CCCN(CC)c1ccc(F)cc1. The highest BCUT2D eigenvalue weighted by atomic mass is 19.1. The van der Waals surface area contributed by atoms with Crippen molar-refractivity contribution >= 4 is 5.69 Å². The first-order valence-electron chi connectivity index (χ1n) is 4.72. The number of anilines is 1. The van der Waals surface area contributed by atoms with Gasteiger partial charge in [-0.2, -0.15) is 0 Å². The van der Waals surface area contributed by atoms with Gasteiger partial charge in [-0.25, -0.2) is 4.39 Å². The van der Waals surface area contributed by atoms with Crippen LogP contribution in [0.1, 0.15) is 13.3 Å². The van der Waals surface area contributed by atoms with Crippen molar-refractivity contribution in [2.75, 3.05) is 18.0 Å². The number of hydrogen-bond donors (Lipinski definition) is 0. The zero-order valence-electron chi connectivity index (χ0n) is 8.33. The summed E-state index contributed by atoms with van der Waals surface area (Å²) in [6.45, 7) is 3.76. The van der Waals surface area contributed by atoms with Gasteiger partial charge in [-0.3, -0.25) is 0 Å². The molecule has 0 saturated carbocycles. The molecule has 0 bridgehead atoms. The number of terminal acetylenes is 1. The lowest BCUT2D eigenvalue weighted by Gasteiger charge is -2.21. The van der Waals surface area contributed by atoms with Crippen LogP contribution in [0.25, 0.3) is 0 Å². The topological polar surface area (TPSA) is 3.24 Å². The summed E-state index contributed by atoms with van der Waals surface area (Å²) in [4.78, 5) is 2.12. The smallest absolute Gasteiger partial charge is 0.123 e.